The number of nitrogens with zero attached hydrogens (tertiary/aromatic N) is 1. The van der Waals surface area contributed by atoms with Gasteiger partial charge in [0.2, 0.25) is 0 Å². The number of nitrogen functional groups attached to an aromatic ring is 1. The van der Waals surface area contributed by atoms with E-state index in [4.69, 9.17) is 5.73 Å². The van der Waals surface area contributed by atoms with Gasteiger partial charge in [0.05, 0.1) is 11.9 Å². The summed E-state index contributed by atoms with van der Waals surface area (Å²) < 4.78 is 0. The smallest absolute Gasteiger partial charge is 0.123 e. The predicted octanol–water partition coefficient (Wildman–Crippen LogP) is 2.58. The van der Waals surface area contributed by atoms with Crippen molar-refractivity contribution in [2.75, 3.05) is 11.1 Å². The van der Waals surface area contributed by atoms with Gasteiger partial charge < -0.3 is 11.1 Å². The number of benzene rings is 1. The van der Waals surface area contributed by atoms with Crippen molar-refractivity contribution in [1.82, 2.24) is 4.98 Å². The van der Waals surface area contributed by atoms with Crippen LogP contribution in [0.1, 0.15) is 11.1 Å². The second-order valence-electron chi connectivity index (χ2n) is 3.75. The van der Waals surface area contributed by atoms with Gasteiger partial charge in [0, 0.05) is 6.54 Å². The van der Waals surface area contributed by atoms with Crippen molar-refractivity contribution in [2.45, 2.75) is 13.5 Å². The second-order valence-corrected chi connectivity index (χ2v) is 3.75. The lowest BCUT2D eigenvalue weighted by Gasteiger charge is -2.08. The van der Waals surface area contributed by atoms with Crippen LogP contribution in [-0.2, 0) is 6.54 Å². The molecular weight excluding hydrogens is 198 g/mol. The molecule has 0 fully saturated rings. The molecule has 1 aromatic heterocycles. The Morgan fingerprint density at radius 1 is 1.19 bits per heavy atom. The molecule has 2 rings (SSSR count). The highest BCUT2D eigenvalue weighted by Crippen LogP contribution is 2.11. The zero-order valence-corrected chi connectivity index (χ0v) is 9.27. The first-order valence-corrected chi connectivity index (χ1v) is 5.25. The molecule has 2 aromatic rings. The average molecular weight is 213 g/mol. The quantitative estimate of drug-likeness (QED) is 0.824. The summed E-state index contributed by atoms with van der Waals surface area (Å²) in [5, 5.41) is 3.31. The van der Waals surface area contributed by atoms with Crippen LogP contribution in [0.4, 0.5) is 11.5 Å². The lowest BCUT2D eigenvalue weighted by Crippen LogP contribution is -2.01. The summed E-state index contributed by atoms with van der Waals surface area (Å²) >= 11 is 0. The first kappa shape index (κ1) is 10.5. The summed E-state index contributed by atoms with van der Waals surface area (Å²) in [7, 11) is 0. The van der Waals surface area contributed by atoms with Crippen molar-refractivity contribution in [2.24, 2.45) is 0 Å². The van der Waals surface area contributed by atoms with E-state index in [1.54, 1.807) is 12.3 Å². The van der Waals surface area contributed by atoms with Gasteiger partial charge in [-0.05, 0) is 30.2 Å². The molecule has 3 heteroatoms. The Morgan fingerprint density at radius 2 is 2.00 bits per heavy atom. The van der Waals surface area contributed by atoms with Gasteiger partial charge in [-0.15, -0.1) is 0 Å². The Balaban J connectivity index is 2.02. The summed E-state index contributed by atoms with van der Waals surface area (Å²) in [4.78, 5) is 4.03. The summed E-state index contributed by atoms with van der Waals surface area (Å²) in [6.45, 7) is 2.91. The third kappa shape index (κ3) is 2.51. The topological polar surface area (TPSA) is 50.9 Å². The molecule has 0 spiro atoms. The molecule has 1 aromatic carbocycles. The SMILES string of the molecule is Cc1ccccc1CNc1ccc(N)nc1. The van der Waals surface area contributed by atoms with E-state index >= 15 is 0 Å². The van der Waals surface area contributed by atoms with E-state index in [9.17, 15) is 0 Å². The van der Waals surface area contributed by atoms with Gasteiger partial charge in [0.15, 0.2) is 0 Å². The van der Waals surface area contributed by atoms with E-state index in [1.165, 1.54) is 11.1 Å². The number of rotatable bonds is 3. The summed E-state index contributed by atoms with van der Waals surface area (Å²) in [6, 6.07) is 12.0. The summed E-state index contributed by atoms with van der Waals surface area (Å²) in [5.41, 5.74) is 9.08. The first-order chi connectivity index (χ1) is 7.75. The lowest BCUT2D eigenvalue weighted by atomic mass is 10.1. The van der Waals surface area contributed by atoms with Gasteiger partial charge in [-0.1, -0.05) is 24.3 Å². The second kappa shape index (κ2) is 4.66. The molecule has 82 valence electrons. The fraction of sp³-hybridized carbons (Fsp3) is 0.154. The average Bonchev–Trinajstić information content (AvgIpc) is 2.30. The van der Waals surface area contributed by atoms with Crippen molar-refractivity contribution >= 4 is 11.5 Å². The molecule has 0 bridgehead atoms. The van der Waals surface area contributed by atoms with Crippen molar-refractivity contribution in [3.63, 3.8) is 0 Å². The largest absolute Gasteiger partial charge is 0.384 e. The first-order valence-electron chi connectivity index (χ1n) is 5.25. The van der Waals surface area contributed by atoms with Crippen molar-refractivity contribution in [1.29, 1.82) is 0 Å². The van der Waals surface area contributed by atoms with Crippen LogP contribution in [0, 0.1) is 6.92 Å². The van der Waals surface area contributed by atoms with Crippen molar-refractivity contribution in [3.8, 4) is 0 Å². The molecule has 16 heavy (non-hydrogen) atoms. The van der Waals surface area contributed by atoms with Gasteiger partial charge in [0.1, 0.15) is 5.82 Å². The third-order valence-electron chi connectivity index (χ3n) is 2.53. The lowest BCUT2D eigenvalue weighted by molar-refractivity contribution is 1.11. The van der Waals surface area contributed by atoms with Crippen LogP contribution < -0.4 is 11.1 Å². The van der Waals surface area contributed by atoms with Crippen molar-refractivity contribution < 1.29 is 0 Å². The summed E-state index contributed by atoms with van der Waals surface area (Å²) in [6.07, 6.45) is 1.74. The molecule has 0 atom stereocenters. The van der Waals surface area contributed by atoms with Gasteiger partial charge in [-0.25, -0.2) is 4.98 Å². The maximum Gasteiger partial charge on any atom is 0.123 e. The fourth-order valence-electron chi connectivity index (χ4n) is 1.52. The predicted molar refractivity (Wildman–Crippen MR) is 67.2 cm³/mol. The van der Waals surface area contributed by atoms with Gasteiger partial charge >= 0.3 is 0 Å². The number of aromatic nitrogens is 1. The Kier molecular flexibility index (Phi) is 3.05. The van der Waals surface area contributed by atoms with E-state index in [0.29, 0.717) is 5.82 Å². The Labute approximate surface area is 95.3 Å². The van der Waals surface area contributed by atoms with E-state index < -0.39 is 0 Å². The number of nitrogens with one attached hydrogen (secondary N) is 1. The highest BCUT2D eigenvalue weighted by molar-refractivity contribution is 5.46. The van der Waals surface area contributed by atoms with Crippen LogP contribution in [0.2, 0.25) is 0 Å². The number of aryl methyl sites for hydroxylation is 1. The fourth-order valence-corrected chi connectivity index (χ4v) is 1.52. The highest BCUT2D eigenvalue weighted by atomic mass is 14.9. The molecule has 0 amide bonds. The molecule has 0 aliphatic rings. The molecule has 0 aliphatic carbocycles. The normalized spacial score (nSPS) is 10.1. The van der Waals surface area contributed by atoms with E-state index in [2.05, 4.69) is 29.4 Å². The summed E-state index contributed by atoms with van der Waals surface area (Å²) in [5.74, 6) is 0.543. The third-order valence-corrected chi connectivity index (χ3v) is 2.53. The molecule has 0 aliphatic heterocycles. The van der Waals surface area contributed by atoms with Gasteiger partial charge in [0.25, 0.3) is 0 Å². The standard InChI is InChI=1S/C13H15N3/c1-10-4-2-3-5-11(10)8-15-12-6-7-13(14)16-9-12/h2-7,9,15H,8H2,1H3,(H2,14,16). The minimum absolute atomic E-state index is 0.543. The van der Waals surface area contributed by atoms with E-state index in [-0.39, 0.29) is 0 Å². The molecule has 0 saturated carbocycles. The number of nitrogens with two attached hydrogens (primary N) is 1. The van der Waals surface area contributed by atoms with E-state index in [0.717, 1.165) is 12.2 Å². The number of pyridine rings is 1. The number of hydrogen-bond acceptors (Lipinski definition) is 3. The minimum Gasteiger partial charge on any atom is -0.384 e. The molecule has 0 radical (unpaired) electrons. The molecule has 3 N–H and O–H groups in total. The maximum atomic E-state index is 5.52. The van der Waals surface area contributed by atoms with Crippen LogP contribution in [0.25, 0.3) is 0 Å². The number of anilines is 2. The van der Waals surface area contributed by atoms with Crippen LogP contribution in [0.5, 0.6) is 0 Å². The highest BCUT2D eigenvalue weighted by Gasteiger charge is 1.97. The number of hydrogen-bond donors (Lipinski definition) is 2. The molecule has 0 unspecified atom stereocenters. The van der Waals surface area contributed by atoms with Crippen molar-refractivity contribution in [3.05, 3.63) is 53.7 Å². The van der Waals surface area contributed by atoms with E-state index in [1.807, 2.05) is 18.2 Å². The Bertz CT molecular complexity index is 463. The van der Waals surface area contributed by atoms with Crippen LogP contribution >= 0.6 is 0 Å². The van der Waals surface area contributed by atoms with Gasteiger partial charge in [-0.2, -0.15) is 0 Å². The monoisotopic (exact) mass is 213 g/mol. The zero-order valence-electron chi connectivity index (χ0n) is 9.27. The Hall–Kier alpha value is -2.03. The van der Waals surface area contributed by atoms with Crippen LogP contribution in [0.3, 0.4) is 0 Å². The maximum absolute atomic E-state index is 5.52. The molecule has 0 saturated heterocycles. The molecule has 3 nitrogen and oxygen atoms in total. The zero-order chi connectivity index (χ0) is 11.4. The molecular formula is C13H15N3. The van der Waals surface area contributed by atoms with Gasteiger partial charge in [-0.3, -0.25) is 0 Å². The molecule has 1 heterocycles. The minimum atomic E-state index is 0.543. The Morgan fingerprint density at radius 3 is 2.69 bits per heavy atom. The van der Waals surface area contributed by atoms with Crippen LogP contribution in [-0.4, -0.2) is 4.98 Å². The van der Waals surface area contributed by atoms with Crippen LogP contribution in [0.15, 0.2) is 42.6 Å².